The van der Waals surface area contributed by atoms with Gasteiger partial charge in [-0.05, 0) is 18.6 Å². The van der Waals surface area contributed by atoms with Gasteiger partial charge in [0, 0.05) is 20.6 Å². The molecule has 0 spiro atoms. The van der Waals surface area contributed by atoms with Gasteiger partial charge in [-0.2, -0.15) is 0 Å². The highest BCUT2D eigenvalue weighted by Gasteiger charge is 2.15. The van der Waals surface area contributed by atoms with Crippen LogP contribution in [0.1, 0.15) is 16.1 Å². The van der Waals surface area contributed by atoms with E-state index < -0.39 is 17.2 Å². The number of esters is 1. The van der Waals surface area contributed by atoms with Gasteiger partial charge in [0.25, 0.3) is 5.56 Å². The molecule has 0 aliphatic heterocycles. The first-order valence-electron chi connectivity index (χ1n) is 7.43. The van der Waals surface area contributed by atoms with Gasteiger partial charge < -0.3 is 9.30 Å². The van der Waals surface area contributed by atoms with Gasteiger partial charge in [-0.15, -0.1) is 11.3 Å². The largest absolute Gasteiger partial charge is 0.461 e. The molecule has 10 heteroatoms. The highest BCUT2D eigenvalue weighted by molar-refractivity contribution is 7.17. The first-order chi connectivity index (χ1) is 11.9. The minimum absolute atomic E-state index is 0.0906. The van der Waals surface area contributed by atoms with Crippen molar-refractivity contribution < 1.29 is 9.53 Å². The maximum atomic E-state index is 12.5. The van der Waals surface area contributed by atoms with Crippen LogP contribution in [0.2, 0.25) is 4.34 Å². The molecule has 0 unspecified atom stereocenters. The molecule has 0 aliphatic rings. The van der Waals surface area contributed by atoms with Gasteiger partial charge in [0.2, 0.25) is 0 Å². The fourth-order valence-electron chi connectivity index (χ4n) is 2.48. The number of imidazole rings is 1. The lowest BCUT2D eigenvalue weighted by Crippen LogP contribution is -2.39. The van der Waals surface area contributed by atoms with E-state index in [0.29, 0.717) is 26.8 Å². The molecule has 3 heterocycles. The molecule has 3 aromatic heterocycles. The van der Waals surface area contributed by atoms with Crippen molar-refractivity contribution in [2.75, 3.05) is 6.61 Å². The van der Waals surface area contributed by atoms with Gasteiger partial charge in [-0.3, -0.25) is 13.9 Å². The number of fused-ring (bicyclic) bond motifs is 1. The molecule has 0 atom stereocenters. The van der Waals surface area contributed by atoms with Crippen molar-refractivity contribution in [3.63, 3.8) is 0 Å². The van der Waals surface area contributed by atoms with Gasteiger partial charge in [0.15, 0.2) is 11.2 Å². The van der Waals surface area contributed by atoms with Gasteiger partial charge in [-0.25, -0.2) is 14.6 Å². The van der Waals surface area contributed by atoms with Crippen LogP contribution >= 0.6 is 22.9 Å². The number of carbonyl (C=O) groups is 1. The highest BCUT2D eigenvalue weighted by atomic mass is 35.5. The molecule has 8 nitrogen and oxygen atoms in total. The normalized spacial score (nSPS) is 11.2. The molecule has 25 heavy (non-hydrogen) atoms. The van der Waals surface area contributed by atoms with E-state index >= 15 is 0 Å². The Hall–Kier alpha value is -2.39. The molecule has 0 N–H and O–H groups in total. The molecule has 0 amide bonds. The van der Waals surface area contributed by atoms with Gasteiger partial charge in [0.05, 0.1) is 17.3 Å². The number of carbonyl (C=O) groups excluding carboxylic acids is 1. The smallest absolute Gasteiger partial charge is 0.348 e. The Morgan fingerprint density at radius 1 is 1.32 bits per heavy atom. The van der Waals surface area contributed by atoms with Crippen LogP contribution in [0, 0.1) is 0 Å². The summed E-state index contributed by atoms with van der Waals surface area (Å²) in [6, 6.07) is 3.21. The fraction of sp³-hybridized carbons (Fsp3) is 0.333. The first-order valence-corrected chi connectivity index (χ1v) is 8.63. The summed E-state index contributed by atoms with van der Waals surface area (Å²) in [6.45, 7) is 0.235. The van der Waals surface area contributed by atoms with Crippen LogP contribution in [0.15, 0.2) is 28.0 Å². The van der Waals surface area contributed by atoms with Crippen molar-refractivity contribution in [2.24, 2.45) is 14.1 Å². The summed E-state index contributed by atoms with van der Waals surface area (Å²) >= 11 is 6.91. The molecule has 0 aliphatic carbocycles. The fourth-order valence-corrected chi connectivity index (χ4v) is 3.41. The van der Waals surface area contributed by atoms with Crippen LogP contribution in [0.25, 0.3) is 11.2 Å². The molecule has 132 valence electrons. The molecular weight excluding hydrogens is 368 g/mol. The minimum Gasteiger partial charge on any atom is -0.461 e. The maximum Gasteiger partial charge on any atom is 0.348 e. The lowest BCUT2D eigenvalue weighted by molar-refractivity contribution is 0.0501. The number of rotatable bonds is 5. The second-order valence-corrected chi connectivity index (χ2v) is 7.13. The van der Waals surface area contributed by atoms with Crippen LogP contribution in [-0.2, 0) is 25.4 Å². The second kappa shape index (κ2) is 6.85. The summed E-state index contributed by atoms with van der Waals surface area (Å²) in [5, 5.41) is 0. The van der Waals surface area contributed by atoms with Crippen LogP contribution in [-0.4, -0.2) is 31.3 Å². The summed E-state index contributed by atoms with van der Waals surface area (Å²) in [5.74, 6) is -0.473. The number of hydrogen-bond donors (Lipinski definition) is 0. The Balaban J connectivity index is 1.71. The number of halogens is 1. The zero-order valence-electron chi connectivity index (χ0n) is 13.6. The quantitative estimate of drug-likeness (QED) is 0.491. The Kier molecular flexibility index (Phi) is 4.78. The Morgan fingerprint density at radius 3 is 2.76 bits per heavy atom. The third-order valence-corrected chi connectivity index (χ3v) is 4.95. The molecule has 0 radical (unpaired) electrons. The lowest BCUT2D eigenvalue weighted by Gasteiger charge is -2.08. The average Bonchev–Trinajstić information content (AvgIpc) is 3.18. The van der Waals surface area contributed by atoms with Crippen molar-refractivity contribution in [3.8, 4) is 0 Å². The summed E-state index contributed by atoms with van der Waals surface area (Å²) in [7, 11) is 3.26. The molecule has 3 rings (SSSR count). The van der Waals surface area contributed by atoms with Crippen LogP contribution in [0.5, 0.6) is 0 Å². The number of aryl methyl sites for hydroxylation is 2. The number of aromatic nitrogens is 4. The third-order valence-electron chi connectivity index (χ3n) is 3.73. The lowest BCUT2D eigenvalue weighted by atomic mass is 10.4. The molecule has 3 aromatic rings. The van der Waals surface area contributed by atoms with Crippen molar-refractivity contribution in [1.29, 1.82) is 0 Å². The summed E-state index contributed by atoms with van der Waals surface area (Å²) in [4.78, 5) is 41.1. The summed E-state index contributed by atoms with van der Waals surface area (Å²) in [6.07, 6.45) is 1.83. The van der Waals surface area contributed by atoms with Gasteiger partial charge >= 0.3 is 11.7 Å². The molecule has 0 saturated carbocycles. The highest BCUT2D eigenvalue weighted by Crippen LogP contribution is 2.21. The molecule has 0 saturated heterocycles. The first kappa shape index (κ1) is 17.4. The van der Waals surface area contributed by atoms with Crippen molar-refractivity contribution in [3.05, 3.63) is 48.5 Å². The maximum absolute atomic E-state index is 12.5. The van der Waals surface area contributed by atoms with Crippen molar-refractivity contribution in [1.82, 2.24) is 18.7 Å². The number of nitrogens with zero attached hydrogens (tertiary/aromatic N) is 4. The summed E-state index contributed by atoms with van der Waals surface area (Å²) in [5.41, 5.74) is -0.163. The van der Waals surface area contributed by atoms with Crippen LogP contribution in [0.4, 0.5) is 0 Å². The van der Waals surface area contributed by atoms with E-state index in [0.717, 1.165) is 15.9 Å². The summed E-state index contributed by atoms with van der Waals surface area (Å²) < 4.78 is 9.68. The third kappa shape index (κ3) is 3.24. The van der Waals surface area contributed by atoms with E-state index in [1.807, 2.05) is 0 Å². The van der Waals surface area contributed by atoms with E-state index in [2.05, 4.69) is 4.98 Å². The second-order valence-electron chi connectivity index (χ2n) is 5.42. The van der Waals surface area contributed by atoms with E-state index in [1.165, 1.54) is 10.9 Å². The topological polar surface area (TPSA) is 88.1 Å². The van der Waals surface area contributed by atoms with E-state index in [9.17, 15) is 14.4 Å². The zero-order chi connectivity index (χ0) is 18.1. The standard InChI is InChI=1S/C15H15ClN4O4S/c1-18-8-17-12-11(18)13(21)20(15(23)19(12)2)6-3-7-24-14(22)9-4-5-10(16)25-9/h4-5,8H,3,6-7H2,1-2H3. The predicted octanol–water partition coefficient (Wildman–Crippen LogP) is 1.40. The number of ether oxygens (including phenoxy) is 1. The Bertz CT molecular complexity index is 1060. The predicted molar refractivity (Wildman–Crippen MR) is 94.4 cm³/mol. The molecule has 0 fully saturated rings. The van der Waals surface area contributed by atoms with Gasteiger partial charge in [0.1, 0.15) is 4.88 Å². The minimum atomic E-state index is -0.473. The van der Waals surface area contributed by atoms with Gasteiger partial charge in [-0.1, -0.05) is 11.6 Å². The zero-order valence-corrected chi connectivity index (χ0v) is 15.1. The average molecular weight is 383 g/mol. The van der Waals surface area contributed by atoms with Crippen LogP contribution < -0.4 is 11.2 Å². The van der Waals surface area contributed by atoms with Crippen LogP contribution in [0.3, 0.4) is 0 Å². The molecular formula is C15H15ClN4O4S. The molecule has 0 aromatic carbocycles. The Labute approximate surface area is 150 Å². The van der Waals surface area contributed by atoms with E-state index in [4.69, 9.17) is 16.3 Å². The number of thiophene rings is 1. The monoisotopic (exact) mass is 382 g/mol. The van der Waals surface area contributed by atoms with Crippen molar-refractivity contribution >= 4 is 40.1 Å². The SMILES string of the molecule is Cn1cnc2c1c(=O)n(CCCOC(=O)c1ccc(Cl)s1)c(=O)n2C. The molecule has 0 bridgehead atoms. The van der Waals surface area contributed by atoms with E-state index in [-0.39, 0.29) is 13.2 Å². The van der Waals surface area contributed by atoms with E-state index in [1.54, 1.807) is 30.8 Å². The Morgan fingerprint density at radius 2 is 2.08 bits per heavy atom. The number of hydrogen-bond acceptors (Lipinski definition) is 6. The van der Waals surface area contributed by atoms with Crippen molar-refractivity contribution in [2.45, 2.75) is 13.0 Å².